The van der Waals surface area contributed by atoms with Crippen molar-refractivity contribution in [2.45, 2.75) is 12.8 Å². The number of hydrogen-bond donors (Lipinski definition) is 2. The predicted molar refractivity (Wildman–Crippen MR) is 84.4 cm³/mol. The summed E-state index contributed by atoms with van der Waals surface area (Å²) in [5.41, 5.74) is 2.61. The molecule has 116 valence electrons. The van der Waals surface area contributed by atoms with Gasteiger partial charge in [0.2, 0.25) is 5.91 Å². The molecule has 0 saturated carbocycles. The second-order valence-corrected chi connectivity index (χ2v) is 5.18. The van der Waals surface area contributed by atoms with E-state index in [-0.39, 0.29) is 17.5 Å². The molecular weight excluding hydrogens is 298 g/mol. The van der Waals surface area contributed by atoms with E-state index in [9.17, 15) is 19.7 Å². The summed E-state index contributed by atoms with van der Waals surface area (Å²) < 4.78 is 0. The van der Waals surface area contributed by atoms with Gasteiger partial charge in [0, 0.05) is 35.5 Å². The SMILES string of the molecule is O=C1CCc2cc(NC(=O)c3ccc([N+](=O)[O-])cc3)ccc2N1. The summed E-state index contributed by atoms with van der Waals surface area (Å²) in [7, 11) is 0. The summed E-state index contributed by atoms with van der Waals surface area (Å²) in [6.45, 7) is 0. The topological polar surface area (TPSA) is 101 Å². The molecule has 0 atom stereocenters. The van der Waals surface area contributed by atoms with Crippen LogP contribution >= 0.6 is 0 Å². The van der Waals surface area contributed by atoms with Crippen molar-refractivity contribution in [3.8, 4) is 0 Å². The Hall–Kier alpha value is -3.22. The first-order chi connectivity index (χ1) is 11.0. The first-order valence-electron chi connectivity index (χ1n) is 7.01. The average Bonchev–Trinajstić information content (AvgIpc) is 2.55. The van der Waals surface area contributed by atoms with Crippen LogP contribution in [0, 0.1) is 10.1 Å². The Bertz CT molecular complexity index is 799. The minimum absolute atomic E-state index is 0.0137. The number of benzene rings is 2. The number of anilines is 2. The zero-order valence-corrected chi connectivity index (χ0v) is 12.0. The van der Waals surface area contributed by atoms with Crippen LogP contribution in [-0.4, -0.2) is 16.7 Å². The number of carbonyl (C=O) groups excluding carboxylic acids is 2. The minimum atomic E-state index is -0.514. The van der Waals surface area contributed by atoms with E-state index < -0.39 is 4.92 Å². The standard InChI is InChI=1S/C16H13N3O4/c20-15-8-3-11-9-12(4-7-14(11)18-15)17-16(21)10-1-5-13(6-2-10)19(22)23/h1-2,4-7,9H,3,8H2,(H,17,21)(H,18,20). The van der Waals surface area contributed by atoms with Crippen LogP contribution in [0.1, 0.15) is 22.3 Å². The van der Waals surface area contributed by atoms with Gasteiger partial charge in [0.05, 0.1) is 4.92 Å². The number of hydrogen-bond acceptors (Lipinski definition) is 4. The van der Waals surface area contributed by atoms with Crippen molar-refractivity contribution in [2.75, 3.05) is 10.6 Å². The molecule has 2 aromatic rings. The van der Waals surface area contributed by atoms with E-state index in [4.69, 9.17) is 0 Å². The van der Waals surface area contributed by atoms with Gasteiger partial charge in [0.25, 0.3) is 11.6 Å². The van der Waals surface area contributed by atoms with Crippen molar-refractivity contribution in [1.29, 1.82) is 0 Å². The highest BCUT2D eigenvalue weighted by molar-refractivity contribution is 6.04. The lowest BCUT2D eigenvalue weighted by Gasteiger charge is -2.17. The van der Waals surface area contributed by atoms with Crippen LogP contribution in [0.5, 0.6) is 0 Å². The average molecular weight is 311 g/mol. The largest absolute Gasteiger partial charge is 0.326 e. The van der Waals surface area contributed by atoms with Crippen LogP contribution in [0.25, 0.3) is 0 Å². The third-order valence-electron chi connectivity index (χ3n) is 3.60. The summed E-state index contributed by atoms with van der Waals surface area (Å²) in [4.78, 5) is 33.6. The molecule has 23 heavy (non-hydrogen) atoms. The molecule has 7 heteroatoms. The number of nitrogens with one attached hydrogen (secondary N) is 2. The predicted octanol–water partition coefficient (Wildman–Crippen LogP) is 2.73. The van der Waals surface area contributed by atoms with Gasteiger partial charge < -0.3 is 10.6 Å². The lowest BCUT2D eigenvalue weighted by Crippen LogP contribution is -2.19. The summed E-state index contributed by atoms with van der Waals surface area (Å²) in [6, 6.07) is 10.7. The number of nitro benzene ring substituents is 1. The molecule has 1 heterocycles. The van der Waals surface area contributed by atoms with Crippen LogP contribution in [0.15, 0.2) is 42.5 Å². The molecule has 0 saturated heterocycles. The Labute approximate surface area is 131 Å². The molecule has 7 nitrogen and oxygen atoms in total. The maximum absolute atomic E-state index is 12.2. The van der Waals surface area contributed by atoms with E-state index >= 15 is 0 Å². The Morgan fingerprint density at radius 3 is 2.57 bits per heavy atom. The Morgan fingerprint density at radius 1 is 1.13 bits per heavy atom. The maximum Gasteiger partial charge on any atom is 0.269 e. The van der Waals surface area contributed by atoms with E-state index in [2.05, 4.69) is 10.6 Å². The molecule has 2 amide bonds. The first kappa shape index (κ1) is 14.7. The van der Waals surface area contributed by atoms with Gasteiger partial charge in [-0.25, -0.2) is 0 Å². The van der Waals surface area contributed by atoms with Gasteiger partial charge in [-0.2, -0.15) is 0 Å². The summed E-state index contributed by atoms with van der Waals surface area (Å²) in [5, 5.41) is 16.1. The number of nitrogens with zero attached hydrogens (tertiary/aromatic N) is 1. The highest BCUT2D eigenvalue weighted by Crippen LogP contribution is 2.26. The summed E-state index contributed by atoms with van der Waals surface area (Å²) in [5.74, 6) is -0.361. The van der Waals surface area contributed by atoms with E-state index in [1.807, 2.05) is 6.07 Å². The zero-order chi connectivity index (χ0) is 16.4. The van der Waals surface area contributed by atoms with Crippen molar-refractivity contribution in [1.82, 2.24) is 0 Å². The quantitative estimate of drug-likeness (QED) is 0.672. The number of nitro groups is 1. The molecular formula is C16H13N3O4. The molecule has 3 rings (SSSR count). The van der Waals surface area contributed by atoms with Crippen molar-refractivity contribution in [3.05, 3.63) is 63.7 Å². The van der Waals surface area contributed by atoms with E-state index in [1.165, 1.54) is 24.3 Å². The fourth-order valence-electron chi connectivity index (χ4n) is 2.40. The fraction of sp³-hybridized carbons (Fsp3) is 0.125. The van der Waals surface area contributed by atoms with Crippen molar-refractivity contribution in [2.24, 2.45) is 0 Å². The molecule has 0 bridgehead atoms. The monoisotopic (exact) mass is 311 g/mol. The van der Waals surface area contributed by atoms with Crippen molar-refractivity contribution < 1.29 is 14.5 Å². The molecule has 1 aliphatic rings. The fourth-order valence-corrected chi connectivity index (χ4v) is 2.40. The normalized spacial score (nSPS) is 13.0. The Morgan fingerprint density at radius 2 is 1.87 bits per heavy atom. The number of rotatable bonds is 3. The van der Waals surface area contributed by atoms with Crippen molar-refractivity contribution >= 4 is 28.9 Å². The molecule has 0 aromatic heterocycles. The van der Waals surface area contributed by atoms with Gasteiger partial charge >= 0.3 is 0 Å². The van der Waals surface area contributed by atoms with E-state index in [0.29, 0.717) is 24.1 Å². The zero-order valence-electron chi connectivity index (χ0n) is 12.0. The van der Waals surface area contributed by atoms with Crippen LogP contribution in [0.3, 0.4) is 0 Å². The smallest absolute Gasteiger partial charge is 0.269 e. The van der Waals surface area contributed by atoms with Gasteiger partial charge in [-0.15, -0.1) is 0 Å². The Balaban J connectivity index is 1.75. The lowest BCUT2D eigenvalue weighted by molar-refractivity contribution is -0.384. The Kier molecular flexibility index (Phi) is 3.76. The van der Waals surface area contributed by atoms with E-state index in [0.717, 1.165) is 11.3 Å². The molecule has 2 N–H and O–H groups in total. The highest BCUT2D eigenvalue weighted by Gasteiger charge is 2.16. The number of carbonyl (C=O) groups is 2. The van der Waals surface area contributed by atoms with Gasteiger partial charge in [0.1, 0.15) is 0 Å². The number of amides is 2. The molecule has 0 fully saturated rings. The highest BCUT2D eigenvalue weighted by atomic mass is 16.6. The van der Waals surface area contributed by atoms with Crippen LogP contribution < -0.4 is 10.6 Å². The number of non-ortho nitro benzene ring substituents is 1. The third-order valence-corrected chi connectivity index (χ3v) is 3.60. The number of fused-ring (bicyclic) bond motifs is 1. The van der Waals surface area contributed by atoms with Gasteiger partial charge in [-0.3, -0.25) is 19.7 Å². The summed E-state index contributed by atoms with van der Waals surface area (Å²) in [6.07, 6.45) is 1.05. The second-order valence-electron chi connectivity index (χ2n) is 5.18. The van der Waals surface area contributed by atoms with Crippen molar-refractivity contribution in [3.63, 3.8) is 0 Å². The maximum atomic E-state index is 12.2. The molecule has 1 aliphatic heterocycles. The van der Waals surface area contributed by atoms with Gasteiger partial charge in [-0.1, -0.05) is 0 Å². The van der Waals surface area contributed by atoms with Crippen LogP contribution in [0.4, 0.5) is 17.1 Å². The lowest BCUT2D eigenvalue weighted by atomic mass is 10.0. The van der Waals surface area contributed by atoms with Crippen LogP contribution in [-0.2, 0) is 11.2 Å². The second kappa shape index (κ2) is 5.88. The van der Waals surface area contributed by atoms with E-state index in [1.54, 1.807) is 12.1 Å². The van der Waals surface area contributed by atoms with Crippen LogP contribution in [0.2, 0.25) is 0 Å². The molecule has 2 aromatic carbocycles. The minimum Gasteiger partial charge on any atom is -0.326 e. The third kappa shape index (κ3) is 3.18. The van der Waals surface area contributed by atoms with Gasteiger partial charge in [0.15, 0.2) is 0 Å². The molecule has 0 spiro atoms. The molecule has 0 unspecified atom stereocenters. The molecule has 0 radical (unpaired) electrons. The number of aryl methyl sites for hydroxylation is 1. The summed E-state index contributed by atoms with van der Waals surface area (Å²) >= 11 is 0. The van der Waals surface area contributed by atoms with Gasteiger partial charge in [-0.05, 0) is 42.3 Å². The molecule has 0 aliphatic carbocycles. The first-order valence-corrected chi connectivity index (χ1v) is 7.01.